The summed E-state index contributed by atoms with van der Waals surface area (Å²) in [6.07, 6.45) is 7.92. The van der Waals surface area contributed by atoms with Crippen molar-refractivity contribution in [3.63, 3.8) is 0 Å². The number of terminal acetylenes is 1. The van der Waals surface area contributed by atoms with Gasteiger partial charge in [0, 0.05) is 13.0 Å². The monoisotopic (exact) mass is 224 g/mol. The van der Waals surface area contributed by atoms with E-state index < -0.39 is 18.0 Å². The van der Waals surface area contributed by atoms with Crippen molar-refractivity contribution >= 4 is 12.0 Å². The molecule has 16 heavy (non-hydrogen) atoms. The van der Waals surface area contributed by atoms with Gasteiger partial charge in [0.25, 0.3) is 0 Å². The van der Waals surface area contributed by atoms with Crippen LogP contribution in [0.5, 0.6) is 0 Å². The van der Waals surface area contributed by atoms with Crippen LogP contribution in [-0.4, -0.2) is 29.7 Å². The standard InChI is InChI=1S/C11H16N2O3/c1-3-5-6-8-12-11(16)13-9(7-4-2)10(14)15/h1,4,9H,2,5-8H2,(H,14,15)(H2,12,13,16). The molecule has 0 aliphatic heterocycles. The Bertz CT molecular complexity index is 294. The molecule has 0 aromatic carbocycles. The van der Waals surface area contributed by atoms with Crippen LogP contribution in [-0.2, 0) is 4.79 Å². The van der Waals surface area contributed by atoms with Crippen molar-refractivity contribution in [2.45, 2.75) is 25.3 Å². The molecule has 0 spiro atoms. The predicted octanol–water partition coefficient (Wildman–Crippen LogP) is 0.728. The Hall–Kier alpha value is -1.96. The lowest BCUT2D eigenvalue weighted by molar-refractivity contribution is -0.139. The molecule has 5 heteroatoms. The fourth-order valence-electron chi connectivity index (χ4n) is 0.990. The first-order valence-corrected chi connectivity index (χ1v) is 4.93. The lowest BCUT2D eigenvalue weighted by Crippen LogP contribution is -2.45. The van der Waals surface area contributed by atoms with Gasteiger partial charge in [0.05, 0.1) is 0 Å². The van der Waals surface area contributed by atoms with E-state index in [-0.39, 0.29) is 6.42 Å². The number of carboxylic acids is 1. The second-order valence-corrected chi connectivity index (χ2v) is 3.12. The molecular weight excluding hydrogens is 208 g/mol. The Morgan fingerprint density at radius 2 is 2.25 bits per heavy atom. The van der Waals surface area contributed by atoms with Crippen molar-refractivity contribution in [2.24, 2.45) is 0 Å². The largest absolute Gasteiger partial charge is 0.480 e. The molecule has 88 valence electrons. The Labute approximate surface area is 94.9 Å². The van der Waals surface area contributed by atoms with Gasteiger partial charge in [-0.3, -0.25) is 0 Å². The van der Waals surface area contributed by atoms with Crippen LogP contribution in [0.15, 0.2) is 12.7 Å². The molecule has 0 aliphatic rings. The minimum absolute atomic E-state index is 0.188. The van der Waals surface area contributed by atoms with E-state index in [1.807, 2.05) is 0 Å². The van der Waals surface area contributed by atoms with E-state index in [1.165, 1.54) is 6.08 Å². The topological polar surface area (TPSA) is 78.4 Å². The fraction of sp³-hybridized carbons (Fsp3) is 0.455. The number of rotatable bonds is 7. The highest BCUT2D eigenvalue weighted by Gasteiger charge is 2.17. The summed E-state index contributed by atoms with van der Waals surface area (Å²) < 4.78 is 0. The number of unbranched alkanes of at least 4 members (excludes halogenated alkanes) is 1. The lowest BCUT2D eigenvalue weighted by Gasteiger charge is -2.13. The van der Waals surface area contributed by atoms with Gasteiger partial charge in [0.15, 0.2) is 0 Å². The highest BCUT2D eigenvalue weighted by Crippen LogP contribution is 1.93. The molecule has 0 heterocycles. The van der Waals surface area contributed by atoms with Crippen LogP contribution in [0.3, 0.4) is 0 Å². The maximum atomic E-state index is 11.2. The van der Waals surface area contributed by atoms with Crippen LogP contribution in [0.2, 0.25) is 0 Å². The maximum absolute atomic E-state index is 11.2. The van der Waals surface area contributed by atoms with Gasteiger partial charge in [0.1, 0.15) is 6.04 Å². The number of aliphatic carboxylic acids is 1. The summed E-state index contributed by atoms with van der Waals surface area (Å²) in [5, 5.41) is 13.6. The number of amides is 2. The SMILES string of the molecule is C#CCCCNC(=O)NC(CC=C)C(=O)O. The molecule has 0 aliphatic carbocycles. The second kappa shape index (κ2) is 8.36. The highest BCUT2D eigenvalue weighted by molar-refractivity contribution is 5.82. The van der Waals surface area contributed by atoms with Crippen molar-refractivity contribution in [3.8, 4) is 12.3 Å². The molecule has 3 N–H and O–H groups in total. The third kappa shape index (κ3) is 6.49. The molecule has 0 fully saturated rings. The summed E-state index contributed by atoms with van der Waals surface area (Å²) in [7, 11) is 0. The van der Waals surface area contributed by atoms with E-state index >= 15 is 0 Å². The molecule has 0 saturated heterocycles. The first kappa shape index (κ1) is 14.0. The van der Waals surface area contributed by atoms with Crippen LogP contribution in [0.1, 0.15) is 19.3 Å². The summed E-state index contributed by atoms with van der Waals surface area (Å²) in [5.74, 6) is 1.36. The molecule has 0 saturated carbocycles. The summed E-state index contributed by atoms with van der Waals surface area (Å²) in [5.41, 5.74) is 0. The molecule has 0 bridgehead atoms. The molecule has 1 atom stereocenters. The Morgan fingerprint density at radius 3 is 2.75 bits per heavy atom. The van der Waals surface area contributed by atoms with E-state index in [4.69, 9.17) is 11.5 Å². The molecule has 2 amide bonds. The fourth-order valence-corrected chi connectivity index (χ4v) is 0.990. The van der Waals surface area contributed by atoms with Crippen molar-refractivity contribution < 1.29 is 14.7 Å². The molecule has 0 rings (SSSR count). The van der Waals surface area contributed by atoms with Crippen LogP contribution >= 0.6 is 0 Å². The van der Waals surface area contributed by atoms with E-state index in [1.54, 1.807) is 0 Å². The van der Waals surface area contributed by atoms with Gasteiger partial charge < -0.3 is 15.7 Å². The number of carbonyl (C=O) groups excluding carboxylic acids is 1. The van der Waals surface area contributed by atoms with E-state index in [2.05, 4.69) is 23.1 Å². The first-order chi connectivity index (χ1) is 7.61. The number of hydrogen-bond donors (Lipinski definition) is 3. The van der Waals surface area contributed by atoms with Crippen LogP contribution in [0.4, 0.5) is 4.79 Å². The minimum atomic E-state index is -1.08. The summed E-state index contributed by atoms with van der Waals surface area (Å²) in [6.45, 7) is 3.85. The molecular formula is C11H16N2O3. The third-order valence-corrected chi connectivity index (χ3v) is 1.79. The van der Waals surface area contributed by atoms with Gasteiger partial charge in [-0.15, -0.1) is 18.9 Å². The number of nitrogens with one attached hydrogen (secondary N) is 2. The normalized spacial score (nSPS) is 10.9. The van der Waals surface area contributed by atoms with Crippen molar-refractivity contribution in [1.29, 1.82) is 0 Å². The number of carbonyl (C=O) groups is 2. The molecule has 5 nitrogen and oxygen atoms in total. The summed E-state index contributed by atoms with van der Waals surface area (Å²) in [6, 6.07) is -1.45. The van der Waals surface area contributed by atoms with Gasteiger partial charge in [-0.25, -0.2) is 9.59 Å². The molecule has 0 radical (unpaired) electrons. The summed E-state index contributed by atoms with van der Waals surface area (Å²) >= 11 is 0. The van der Waals surface area contributed by atoms with Crippen molar-refractivity contribution in [3.05, 3.63) is 12.7 Å². The Morgan fingerprint density at radius 1 is 1.56 bits per heavy atom. The number of urea groups is 1. The van der Waals surface area contributed by atoms with Gasteiger partial charge in [-0.1, -0.05) is 6.08 Å². The predicted molar refractivity (Wildman–Crippen MR) is 60.8 cm³/mol. The van der Waals surface area contributed by atoms with Gasteiger partial charge in [-0.2, -0.15) is 0 Å². The number of carboxylic acid groups (broad SMARTS) is 1. The Balaban J connectivity index is 3.87. The van der Waals surface area contributed by atoms with Crippen LogP contribution < -0.4 is 10.6 Å². The average molecular weight is 224 g/mol. The van der Waals surface area contributed by atoms with E-state index in [9.17, 15) is 9.59 Å². The molecule has 0 aromatic heterocycles. The lowest BCUT2D eigenvalue weighted by atomic mass is 10.2. The van der Waals surface area contributed by atoms with Gasteiger partial charge >= 0.3 is 12.0 Å². The zero-order valence-corrected chi connectivity index (χ0v) is 9.03. The smallest absolute Gasteiger partial charge is 0.326 e. The minimum Gasteiger partial charge on any atom is -0.480 e. The van der Waals surface area contributed by atoms with Crippen molar-refractivity contribution in [2.75, 3.05) is 6.54 Å². The first-order valence-electron chi connectivity index (χ1n) is 4.93. The average Bonchev–Trinajstić information content (AvgIpc) is 2.23. The zero-order valence-electron chi connectivity index (χ0n) is 9.03. The van der Waals surface area contributed by atoms with Crippen molar-refractivity contribution in [1.82, 2.24) is 10.6 Å². The van der Waals surface area contributed by atoms with Gasteiger partial charge in [-0.05, 0) is 12.8 Å². The van der Waals surface area contributed by atoms with E-state index in [0.717, 1.165) is 0 Å². The Kier molecular flexibility index (Phi) is 7.33. The van der Waals surface area contributed by atoms with Crippen LogP contribution in [0.25, 0.3) is 0 Å². The maximum Gasteiger partial charge on any atom is 0.326 e. The zero-order chi connectivity index (χ0) is 12.4. The van der Waals surface area contributed by atoms with Crippen LogP contribution in [0, 0.1) is 12.3 Å². The molecule has 0 aromatic rings. The number of hydrogen-bond acceptors (Lipinski definition) is 2. The summed E-state index contributed by atoms with van der Waals surface area (Å²) in [4.78, 5) is 21.9. The highest BCUT2D eigenvalue weighted by atomic mass is 16.4. The quantitative estimate of drug-likeness (QED) is 0.339. The third-order valence-electron chi connectivity index (χ3n) is 1.79. The van der Waals surface area contributed by atoms with E-state index in [0.29, 0.717) is 19.4 Å². The second-order valence-electron chi connectivity index (χ2n) is 3.12. The molecule has 1 unspecified atom stereocenters. The van der Waals surface area contributed by atoms with Gasteiger partial charge in [0.2, 0.25) is 0 Å².